The van der Waals surface area contributed by atoms with Crippen LogP contribution in [0.1, 0.15) is 25.2 Å². The maximum Gasteiger partial charge on any atom is 0.195 e. The number of nitrogens with zero attached hydrogens (tertiary/aromatic N) is 4. The maximum absolute atomic E-state index is 5.25. The molecule has 2 heterocycles. The van der Waals surface area contributed by atoms with E-state index in [0.717, 1.165) is 25.3 Å². The number of aryl methyl sites for hydroxylation is 3. The summed E-state index contributed by atoms with van der Waals surface area (Å²) in [5, 5.41) is 11.4. The molecule has 18 heavy (non-hydrogen) atoms. The molecule has 0 aliphatic heterocycles. The average Bonchev–Trinajstić information content (AvgIpc) is 2.85. The van der Waals surface area contributed by atoms with Crippen molar-refractivity contribution in [1.82, 2.24) is 24.5 Å². The van der Waals surface area contributed by atoms with E-state index >= 15 is 0 Å². The molecule has 0 fully saturated rings. The minimum atomic E-state index is 0.556. The highest BCUT2D eigenvalue weighted by Crippen LogP contribution is 2.06. The van der Waals surface area contributed by atoms with Crippen molar-refractivity contribution in [2.24, 2.45) is 5.92 Å². The second-order valence-corrected chi connectivity index (χ2v) is 5.37. The molecule has 0 atom stereocenters. The third-order valence-electron chi connectivity index (χ3n) is 2.71. The summed E-state index contributed by atoms with van der Waals surface area (Å²) in [6.07, 6.45) is 4.74. The Bertz CT molecular complexity index is 563. The molecule has 0 saturated carbocycles. The Morgan fingerprint density at radius 1 is 1.44 bits per heavy atom. The van der Waals surface area contributed by atoms with Crippen LogP contribution in [0.25, 0.3) is 0 Å². The normalized spacial score (nSPS) is 11.3. The lowest BCUT2D eigenvalue weighted by molar-refractivity contribution is 0.491. The van der Waals surface area contributed by atoms with Gasteiger partial charge in [-0.25, -0.2) is 0 Å². The average molecular weight is 265 g/mol. The lowest BCUT2D eigenvalue weighted by Crippen LogP contribution is -2.11. The van der Waals surface area contributed by atoms with Gasteiger partial charge < -0.3 is 4.57 Å². The van der Waals surface area contributed by atoms with Crippen LogP contribution in [0, 0.1) is 17.6 Å². The standard InChI is InChI=1S/C12H19N5S/c1-9(2)7-17-11(14-15-12(17)18)4-5-16-8-10(3)6-13-16/h6,8-9H,4-5,7H2,1-3H3,(H,15,18). The lowest BCUT2D eigenvalue weighted by atomic mass is 10.2. The van der Waals surface area contributed by atoms with Crippen LogP contribution < -0.4 is 0 Å². The molecule has 0 aromatic carbocycles. The second kappa shape index (κ2) is 5.48. The summed E-state index contributed by atoms with van der Waals surface area (Å²) in [7, 11) is 0. The fourth-order valence-corrected chi connectivity index (χ4v) is 2.12. The van der Waals surface area contributed by atoms with E-state index in [1.807, 2.05) is 24.0 Å². The van der Waals surface area contributed by atoms with Crippen molar-refractivity contribution in [2.45, 2.75) is 40.3 Å². The number of aromatic amines is 1. The zero-order valence-corrected chi connectivity index (χ0v) is 11.9. The molecule has 2 aromatic heterocycles. The summed E-state index contributed by atoms with van der Waals surface area (Å²) < 4.78 is 4.72. The van der Waals surface area contributed by atoms with E-state index in [-0.39, 0.29) is 0 Å². The summed E-state index contributed by atoms with van der Waals surface area (Å²) in [5.74, 6) is 1.56. The van der Waals surface area contributed by atoms with E-state index in [1.165, 1.54) is 5.56 Å². The molecule has 1 N–H and O–H groups in total. The van der Waals surface area contributed by atoms with Crippen LogP contribution in [0.15, 0.2) is 12.4 Å². The van der Waals surface area contributed by atoms with Gasteiger partial charge in [-0.1, -0.05) is 13.8 Å². The molecule has 98 valence electrons. The molecule has 0 radical (unpaired) electrons. The van der Waals surface area contributed by atoms with Gasteiger partial charge >= 0.3 is 0 Å². The van der Waals surface area contributed by atoms with Crippen molar-refractivity contribution in [3.05, 3.63) is 28.6 Å². The molecular weight excluding hydrogens is 246 g/mol. The van der Waals surface area contributed by atoms with Gasteiger partial charge in [0.1, 0.15) is 5.82 Å². The summed E-state index contributed by atoms with van der Waals surface area (Å²) in [5.41, 5.74) is 1.18. The molecular formula is C12H19N5S. The lowest BCUT2D eigenvalue weighted by Gasteiger charge is -2.09. The zero-order valence-electron chi connectivity index (χ0n) is 11.1. The largest absolute Gasteiger partial charge is 0.304 e. The number of rotatable bonds is 5. The van der Waals surface area contributed by atoms with Crippen molar-refractivity contribution < 1.29 is 0 Å². The number of nitrogens with one attached hydrogen (secondary N) is 1. The first-order valence-corrected chi connectivity index (χ1v) is 6.60. The molecule has 2 aromatic rings. The minimum Gasteiger partial charge on any atom is -0.304 e. The quantitative estimate of drug-likeness (QED) is 0.844. The van der Waals surface area contributed by atoms with Gasteiger partial charge in [-0.3, -0.25) is 9.78 Å². The maximum atomic E-state index is 5.25. The summed E-state index contributed by atoms with van der Waals surface area (Å²) >= 11 is 5.25. The molecule has 6 heteroatoms. The first-order chi connectivity index (χ1) is 8.56. The first-order valence-electron chi connectivity index (χ1n) is 6.19. The zero-order chi connectivity index (χ0) is 13.1. The summed E-state index contributed by atoms with van der Waals surface area (Å²) in [4.78, 5) is 0. The predicted molar refractivity (Wildman–Crippen MR) is 72.9 cm³/mol. The number of H-pyrrole nitrogens is 1. The van der Waals surface area contributed by atoms with Crippen molar-refractivity contribution in [1.29, 1.82) is 0 Å². The molecule has 0 aliphatic rings. The van der Waals surface area contributed by atoms with Crippen LogP contribution in [-0.4, -0.2) is 24.5 Å². The Hall–Kier alpha value is -1.43. The minimum absolute atomic E-state index is 0.556. The molecule has 0 unspecified atom stereocenters. The van der Waals surface area contributed by atoms with Gasteiger partial charge in [-0.05, 0) is 30.6 Å². The van der Waals surface area contributed by atoms with Crippen LogP contribution in [0.2, 0.25) is 0 Å². The topological polar surface area (TPSA) is 51.4 Å². The molecule has 0 amide bonds. The van der Waals surface area contributed by atoms with Gasteiger partial charge in [0, 0.05) is 25.7 Å². The van der Waals surface area contributed by atoms with Crippen molar-refractivity contribution in [2.75, 3.05) is 0 Å². The molecule has 0 saturated heterocycles. The highest BCUT2D eigenvalue weighted by molar-refractivity contribution is 7.71. The number of hydrogen-bond donors (Lipinski definition) is 1. The van der Waals surface area contributed by atoms with Gasteiger partial charge in [-0.15, -0.1) is 0 Å². The number of aromatic nitrogens is 5. The van der Waals surface area contributed by atoms with E-state index in [2.05, 4.69) is 33.7 Å². The van der Waals surface area contributed by atoms with Crippen molar-refractivity contribution >= 4 is 12.2 Å². The Kier molecular flexibility index (Phi) is 3.96. The number of hydrogen-bond acceptors (Lipinski definition) is 3. The Morgan fingerprint density at radius 3 is 2.83 bits per heavy atom. The first kappa shape index (κ1) is 13.0. The van der Waals surface area contributed by atoms with Crippen LogP contribution in [0.3, 0.4) is 0 Å². The van der Waals surface area contributed by atoms with Crippen molar-refractivity contribution in [3.8, 4) is 0 Å². The Balaban J connectivity index is 2.07. The van der Waals surface area contributed by atoms with Crippen LogP contribution >= 0.6 is 12.2 Å². The summed E-state index contributed by atoms with van der Waals surface area (Å²) in [6.45, 7) is 8.12. The van der Waals surface area contributed by atoms with Gasteiger partial charge in [0.15, 0.2) is 4.77 Å². The molecule has 0 aliphatic carbocycles. The predicted octanol–water partition coefficient (Wildman–Crippen LogP) is 2.34. The highest BCUT2D eigenvalue weighted by atomic mass is 32.1. The molecule has 0 spiro atoms. The van der Waals surface area contributed by atoms with Crippen LogP contribution in [0.5, 0.6) is 0 Å². The van der Waals surface area contributed by atoms with Crippen molar-refractivity contribution in [3.63, 3.8) is 0 Å². The fourth-order valence-electron chi connectivity index (χ4n) is 1.90. The van der Waals surface area contributed by atoms with Gasteiger partial charge in [0.2, 0.25) is 0 Å². The third-order valence-corrected chi connectivity index (χ3v) is 3.02. The third kappa shape index (κ3) is 3.07. The summed E-state index contributed by atoms with van der Waals surface area (Å²) in [6, 6.07) is 0. The van der Waals surface area contributed by atoms with Gasteiger partial charge in [-0.2, -0.15) is 10.2 Å². The molecule has 2 rings (SSSR count). The fraction of sp³-hybridized carbons (Fsp3) is 0.583. The van der Waals surface area contributed by atoms with E-state index < -0.39 is 0 Å². The molecule has 0 bridgehead atoms. The van der Waals surface area contributed by atoms with E-state index in [4.69, 9.17) is 12.2 Å². The second-order valence-electron chi connectivity index (χ2n) is 4.98. The van der Waals surface area contributed by atoms with Gasteiger partial charge in [0.25, 0.3) is 0 Å². The van der Waals surface area contributed by atoms with E-state index in [0.29, 0.717) is 10.7 Å². The Labute approximate surface area is 112 Å². The SMILES string of the molecule is Cc1cnn(CCc2n[nH]c(=S)n2CC(C)C)c1. The van der Waals surface area contributed by atoms with E-state index in [9.17, 15) is 0 Å². The Morgan fingerprint density at radius 2 is 2.22 bits per heavy atom. The van der Waals surface area contributed by atoms with Crippen LogP contribution in [-0.2, 0) is 19.5 Å². The highest BCUT2D eigenvalue weighted by Gasteiger charge is 2.08. The van der Waals surface area contributed by atoms with E-state index in [1.54, 1.807) is 0 Å². The smallest absolute Gasteiger partial charge is 0.195 e. The van der Waals surface area contributed by atoms with Gasteiger partial charge in [0.05, 0.1) is 6.20 Å². The molecule has 5 nitrogen and oxygen atoms in total. The van der Waals surface area contributed by atoms with Crippen LogP contribution in [0.4, 0.5) is 0 Å². The monoisotopic (exact) mass is 265 g/mol.